The van der Waals surface area contributed by atoms with E-state index in [4.69, 9.17) is 9.47 Å². The van der Waals surface area contributed by atoms with Crippen LogP contribution in [-0.2, 0) is 4.79 Å². The van der Waals surface area contributed by atoms with Crippen molar-refractivity contribution in [2.75, 3.05) is 38.7 Å². The van der Waals surface area contributed by atoms with E-state index in [1.807, 2.05) is 32.0 Å². The standard InChI is InChI=1S/C20H32N4O3.HI/c1-4-21-20(23-13-7-12-22-19(25)15-8-6-9-15)24-16-10-11-17(26-3)18(14-16)27-5-2;/h10-11,14-15H,4-9,12-13H2,1-3H3,(H,22,25)(H2,21,23,24);1H. The average Bonchev–Trinajstić information content (AvgIpc) is 2.60. The lowest BCUT2D eigenvalue weighted by atomic mass is 9.85. The number of halogens is 1. The zero-order valence-corrected chi connectivity index (χ0v) is 19.4. The Morgan fingerprint density at radius 1 is 1.21 bits per heavy atom. The van der Waals surface area contributed by atoms with E-state index in [-0.39, 0.29) is 35.8 Å². The minimum absolute atomic E-state index is 0. The number of methoxy groups -OCH3 is 1. The second kappa shape index (κ2) is 13.5. The van der Waals surface area contributed by atoms with Crippen LogP contribution < -0.4 is 25.4 Å². The first-order valence-electron chi connectivity index (χ1n) is 9.81. The van der Waals surface area contributed by atoms with Crippen molar-refractivity contribution in [2.24, 2.45) is 10.9 Å². The summed E-state index contributed by atoms with van der Waals surface area (Å²) >= 11 is 0. The van der Waals surface area contributed by atoms with Gasteiger partial charge in [0.15, 0.2) is 17.5 Å². The zero-order valence-electron chi connectivity index (χ0n) is 17.0. The number of benzene rings is 1. The van der Waals surface area contributed by atoms with Gasteiger partial charge in [-0.1, -0.05) is 6.42 Å². The molecule has 1 amide bonds. The molecule has 7 nitrogen and oxygen atoms in total. The van der Waals surface area contributed by atoms with E-state index in [2.05, 4.69) is 20.9 Å². The molecule has 1 aromatic carbocycles. The molecular formula is C20H33IN4O3. The fourth-order valence-corrected chi connectivity index (χ4v) is 2.76. The van der Waals surface area contributed by atoms with Gasteiger partial charge in [-0.15, -0.1) is 24.0 Å². The van der Waals surface area contributed by atoms with Crippen LogP contribution in [0.4, 0.5) is 5.69 Å². The lowest BCUT2D eigenvalue weighted by Gasteiger charge is -2.23. The summed E-state index contributed by atoms with van der Waals surface area (Å²) in [4.78, 5) is 16.4. The number of anilines is 1. The molecule has 0 spiro atoms. The van der Waals surface area contributed by atoms with Crippen molar-refractivity contribution in [3.8, 4) is 11.5 Å². The van der Waals surface area contributed by atoms with Crippen LogP contribution in [0.25, 0.3) is 0 Å². The number of hydrogen-bond donors (Lipinski definition) is 3. The molecule has 0 bridgehead atoms. The molecule has 158 valence electrons. The Labute approximate surface area is 185 Å². The molecule has 0 radical (unpaired) electrons. The number of rotatable bonds is 10. The lowest BCUT2D eigenvalue weighted by Crippen LogP contribution is -2.35. The van der Waals surface area contributed by atoms with Crippen molar-refractivity contribution in [3.05, 3.63) is 18.2 Å². The number of nitrogens with zero attached hydrogens (tertiary/aromatic N) is 1. The zero-order chi connectivity index (χ0) is 19.5. The van der Waals surface area contributed by atoms with Crippen LogP contribution in [-0.4, -0.2) is 45.2 Å². The van der Waals surface area contributed by atoms with Crippen LogP contribution in [0.2, 0.25) is 0 Å². The van der Waals surface area contributed by atoms with E-state index >= 15 is 0 Å². The van der Waals surface area contributed by atoms with Gasteiger partial charge in [0.05, 0.1) is 13.7 Å². The normalized spacial score (nSPS) is 13.8. The molecule has 1 saturated carbocycles. The van der Waals surface area contributed by atoms with Gasteiger partial charge in [0.1, 0.15) is 0 Å². The first-order valence-corrected chi connectivity index (χ1v) is 9.81. The van der Waals surface area contributed by atoms with Crippen LogP contribution in [0, 0.1) is 5.92 Å². The largest absolute Gasteiger partial charge is 0.493 e. The Morgan fingerprint density at radius 2 is 2.00 bits per heavy atom. The Hall–Kier alpha value is -1.71. The van der Waals surface area contributed by atoms with Crippen molar-refractivity contribution in [3.63, 3.8) is 0 Å². The van der Waals surface area contributed by atoms with Gasteiger partial charge >= 0.3 is 0 Å². The van der Waals surface area contributed by atoms with Gasteiger partial charge in [0, 0.05) is 37.3 Å². The highest BCUT2D eigenvalue weighted by Crippen LogP contribution is 2.30. The monoisotopic (exact) mass is 504 g/mol. The van der Waals surface area contributed by atoms with Crippen LogP contribution in [0.5, 0.6) is 11.5 Å². The van der Waals surface area contributed by atoms with Gasteiger partial charge < -0.3 is 25.4 Å². The fourth-order valence-electron chi connectivity index (χ4n) is 2.76. The summed E-state index contributed by atoms with van der Waals surface area (Å²) in [5.74, 6) is 2.53. The van der Waals surface area contributed by atoms with Crippen LogP contribution in [0.3, 0.4) is 0 Å². The quantitative estimate of drug-likeness (QED) is 0.197. The number of aliphatic imine (C=N–C) groups is 1. The summed E-state index contributed by atoms with van der Waals surface area (Å²) in [7, 11) is 1.63. The number of hydrogen-bond acceptors (Lipinski definition) is 4. The second-order valence-corrected chi connectivity index (χ2v) is 6.46. The maximum atomic E-state index is 11.8. The molecule has 0 saturated heterocycles. The van der Waals surface area contributed by atoms with Crippen LogP contribution >= 0.6 is 24.0 Å². The molecule has 1 fully saturated rings. The van der Waals surface area contributed by atoms with E-state index in [1.165, 1.54) is 6.42 Å². The number of guanidine groups is 1. The Bertz CT molecular complexity index is 636. The first-order chi connectivity index (χ1) is 13.2. The second-order valence-electron chi connectivity index (χ2n) is 6.46. The molecule has 28 heavy (non-hydrogen) atoms. The lowest BCUT2D eigenvalue weighted by molar-refractivity contribution is -0.127. The van der Waals surface area contributed by atoms with Gasteiger partial charge in [0.2, 0.25) is 5.91 Å². The third kappa shape index (κ3) is 7.73. The van der Waals surface area contributed by atoms with E-state index in [0.29, 0.717) is 37.2 Å². The van der Waals surface area contributed by atoms with Crippen molar-refractivity contribution in [2.45, 2.75) is 39.5 Å². The average molecular weight is 504 g/mol. The minimum Gasteiger partial charge on any atom is -0.493 e. The number of carbonyl (C=O) groups is 1. The third-order valence-corrected chi connectivity index (χ3v) is 4.45. The Balaban J connectivity index is 0.00000392. The number of amides is 1. The topological polar surface area (TPSA) is 84.0 Å². The van der Waals surface area contributed by atoms with E-state index < -0.39 is 0 Å². The predicted octanol–water partition coefficient (Wildman–Crippen LogP) is 3.40. The van der Waals surface area contributed by atoms with Gasteiger partial charge in [-0.05, 0) is 45.2 Å². The number of nitrogens with one attached hydrogen (secondary N) is 3. The van der Waals surface area contributed by atoms with Crippen molar-refractivity contribution < 1.29 is 14.3 Å². The van der Waals surface area contributed by atoms with Crippen molar-refractivity contribution >= 4 is 41.5 Å². The predicted molar refractivity (Wildman–Crippen MR) is 124 cm³/mol. The molecule has 0 aliphatic heterocycles. The fraction of sp³-hybridized carbons (Fsp3) is 0.600. The van der Waals surface area contributed by atoms with Gasteiger partial charge in [-0.3, -0.25) is 9.79 Å². The van der Waals surface area contributed by atoms with E-state index in [1.54, 1.807) is 7.11 Å². The summed E-state index contributed by atoms with van der Waals surface area (Å²) in [5, 5.41) is 9.50. The minimum atomic E-state index is 0. The molecule has 1 aliphatic rings. The molecule has 2 rings (SSSR count). The summed E-state index contributed by atoms with van der Waals surface area (Å²) in [6, 6.07) is 5.69. The molecular weight excluding hydrogens is 471 g/mol. The molecule has 3 N–H and O–H groups in total. The summed E-state index contributed by atoms with van der Waals surface area (Å²) < 4.78 is 10.9. The first kappa shape index (κ1) is 24.3. The van der Waals surface area contributed by atoms with Crippen LogP contribution in [0.1, 0.15) is 39.5 Å². The summed E-state index contributed by atoms with van der Waals surface area (Å²) in [5.41, 5.74) is 0.872. The van der Waals surface area contributed by atoms with Crippen molar-refractivity contribution in [1.82, 2.24) is 10.6 Å². The van der Waals surface area contributed by atoms with E-state index in [9.17, 15) is 4.79 Å². The summed E-state index contributed by atoms with van der Waals surface area (Å²) in [6.45, 7) is 6.59. The van der Waals surface area contributed by atoms with Gasteiger partial charge in [0.25, 0.3) is 0 Å². The Kier molecular flexibility index (Phi) is 11.7. The highest BCUT2D eigenvalue weighted by atomic mass is 127. The van der Waals surface area contributed by atoms with Crippen LogP contribution in [0.15, 0.2) is 23.2 Å². The highest BCUT2D eigenvalue weighted by Gasteiger charge is 2.24. The Morgan fingerprint density at radius 3 is 2.61 bits per heavy atom. The number of carbonyl (C=O) groups excluding carboxylic acids is 1. The molecule has 1 aromatic rings. The highest BCUT2D eigenvalue weighted by molar-refractivity contribution is 14.0. The number of ether oxygens (including phenoxy) is 2. The molecule has 8 heteroatoms. The van der Waals surface area contributed by atoms with Crippen molar-refractivity contribution in [1.29, 1.82) is 0 Å². The van der Waals surface area contributed by atoms with Gasteiger partial charge in [-0.25, -0.2) is 0 Å². The van der Waals surface area contributed by atoms with Gasteiger partial charge in [-0.2, -0.15) is 0 Å². The SMILES string of the molecule is CCNC(=NCCCNC(=O)C1CCC1)Nc1ccc(OC)c(OCC)c1.I. The summed E-state index contributed by atoms with van der Waals surface area (Å²) in [6.07, 6.45) is 4.05. The molecule has 0 unspecified atom stereocenters. The molecule has 1 aliphatic carbocycles. The maximum absolute atomic E-state index is 11.8. The maximum Gasteiger partial charge on any atom is 0.223 e. The molecule has 0 atom stereocenters. The smallest absolute Gasteiger partial charge is 0.223 e. The molecule has 0 aromatic heterocycles. The van der Waals surface area contributed by atoms with E-state index in [0.717, 1.165) is 31.5 Å². The molecule has 0 heterocycles. The third-order valence-electron chi connectivity index (χ3n) is 4.45.